The number of hydrogen-bond donors (Lipinski definition) is 2. The Labute approximate surface area is 252 Å². The van der Waals surface area contributed by atoms with Crippen LogP contribution in [-0.4, -0.2) is 57.2 Å². The van der Waals surface area contributed by atoms with Crippen LogP contribution in [0.5, 0.6) is 5.75 Å². The van der Waals surface area contributed by atoms with E-state index in [1.54, 1.807) is 24.3 Å². The molecule has 7 atom stereocenters. The van der Waals surface area contributed by atoms with Crippen LogP contribution in [0.15, 0.2) is 46.4 Å². The van der Waals surface area contributed by atoms with Crippen LogP contribution < -0.4 is 21.3 Å². The molecule has 230 valence electrons. The molecule has 1 aliphatic heterocycles. The molecule has 7 rings (SSSR count). The summed E-state index contributed by atoms with van der Waals surface area (Å²) < 4.78 is 21.0. The van der Waals surface area contributed by atoms with E-state index in [4.69, 9.17) is 15.5 Å². The number of piperazine rings is 1. The molecular weight excluding hydrogens is 545 g/mol. The Morgan fingerprint density at radius 3 is 2.67 bits per heavy atom. The third-order valence-corrected chi connectivity index (χ3v) is 10.7. The van der Waals surface area contributed by atoms with Crippen molar-refractivity contribution in [2.45, 2.75) is 78.6 Å². The lowest BCUT2D eigenvalue weighted by atomic mass is 9.41. The summed E-state index contributed by atoms with van der Waals surface area (Å²) in [6.07, 6.45) is 4.32. The quantitative estimate of drug-likeness (QED) is 0.322. The maximum atomic E-state index is 14.4. The molecule has 3 N–H and O–H groups in total. The number of fused-ring (bicyclic) bond motifs is 3. The zero-order valence-corrected chi connectivity index (χ0v) is 26.0. The Morgan fingerprint density at radius 2 is 1.98 bits per heavy atom. The van der Waals surface area contributed by atoms with Gasteiger partial charge in [-0.3, -0.25) is 9.36 Å². The van der Waals surface area contributed by atoms with Gasteiger partial charge in [-0.1, -0.05) is 26.8 Å². The summed E-state index contributed by atoms with van der Waals surface area (Å²) in [5.74, 6) is 3.69. The molecule has 3 heterocycles. The van der Waals surface area contributed by atoms with Gasteiger partial charge in [0, 0.05) is 31.2 Å². The lowest BCUT2D eigenvalue weighted by molar-refractivity contribution is -0.157. The summed E-state index contributed by atoms with van der Waals surface area (Å²) in [4.78, 5) is 29.3. The van der Waals surface area contributed by atoms with Crippen molar-refractivity contribution in [2.24, 2.45) is 39.8 Å². The lowest BCUT2D eigenvalue weighted by Gasteiger charge is -2.66. The number of ether oxygens (including phenoxy) is 1. The van der Waals surface area contributed by atoms with Crippen LogP contribution in [0.3, 0.4) is 0 Å². The number of nitrogens with two attached hydrogens (primary N) is 1. The molecule has 1 aromatic carbocycles. The summed E-state index contributed by atoms with van der Waals surface area (Å²) >= 11 is 0. The van der Waals surface area contributed by atoms with E-state index in [0.717, 1.165) is 12.5 Å². The van der Waals surface area contributed by atoms with Crippen molar-refractivity contribution < 1.29 is 9.13 Å². The fourth-order valence-corrected chi connectivity index (χ4v) is 8.49. The number of guanidine groups is 1. The smallest absolute Gasteiger partial charge is 0.262 e. The first-order valence-electron chi connectivity index (χ1n) is 15.5. The molecule has 3 saturated carbocycles. The average Bonchev–Trinajstić information content (AvgIpc) is 2.96. The van der Waals surface area contributed by atoms with Crippen LogP contribution in [0.1, 0.15) is 53.0 Å². The van der Waals surface area contributed by atoms with E-state index in [9.17, 15) is 9.18 Å². The van der Waals surface area contributed by atoms with Crippen LogP contribution in [-0.2, 0) is 13.0 Å². The molecule has 2 unspecified atom stereocenters. The van der Waals surface area contributed by atoms with Gasteiger partial charge < -0.3 is 20.7 Å². The van der Waals surface area contributed by atoms with E-state index in [0.29, 0.717) is 63.7 Å². The van der Waals surface area contributed by atoms with Gasteiger partial charge in [-0.25, -0.2) is 14.4 Å². The number of hydrogen-bond acceptors (Lipinski definition) is 6. The van der Waals surface area contributed by atoms with Gasteiger partial charge in [-0.05, 0) is 86.0 Å². The zero-order valence-electron chi connectivity index (χ0n) is 26.0. The third kappa shape index (κ3) is 5.28. The Kier molecular flexibility index (Phi) is 7.69. The number of halogens is 1. The maximum absolute atomic E-state index is 14.4. The number of rotatable bonds is 6. The highest BCUT2D eigenvalue weighted by atomic mass is 19.1. The van der Waals surface area contributed by atoms with E-state index < -0.39 is 0 Å². The molecule has 0 radical (unpaired) electrons. The highest BCUT2D eigenvalue weighted by Gasteiger charge is 2.60. The second-order valence-electron chi connectivity index (χ2n) is 13.6. The van der Waals surface area contributed by atoms with Crippen LogP contribution in [0.2, 0.25) is 0 Å². The highest BCUT2D eigenvalue weighted by molar-refractivity contribution is 5.82. The fourth-order valence-electron chi connectivity index (χ4n) is 8.49. The zero-order chi connectivity index (χ0) is 30.6. The summed E-state index contributed by atoms with van der Waals surface area (Å²) in [7, 11) is 1.50. The van der Waals surface area contributed by atoms with Crippen molar-refractivity contribution in [2.75, 3.05) is 13.7 Å². The van der Waals surface area contributed by atoms with Gasteiger partial charge in [-0.2, -0.15) is 4.99 Å². The molecule has 10 heteroatoms. The average molecular weight is 590 g/mol. The Balaban J connectivity index is 1.23. The SMILES string of the molecule is COc1ccc(CCn2cnc3nc(N=C(N)N4C[C@@H](C)N[C@@H](C)C4C4C[C@@H](C)[C@@H]5C[C@H]4C5(C)C)ccc3c2=O)c(F)c1. The normalized spacial score (nSPS) is 30.3. The standard InChI is InChI=1S/C33H44FN7O2/c1-18-13-24(26-15-25(18)33(26,4)5)29-20(3)37-19(2)16-41(29)32(35)39-28-10-9-23-30(38-28)36-17-40(31(23)42)12-11-21-7-8-22(43-6)14-27(21)34/h7-10,14,17-20,24-26,29,37H,11-13,15-16H2,1-6H3,(H2,35,38,39)/t18-,19-,20+,24?,25+,26-,29?/m1/s1. The first-order chi connectivity index (χ1) is 20.5. The number of aryl methyl sites for hydroxylation is 2. The van der Waals surface area contributed by atoms with Crippen molar-refractivity contribution in [3.63, 3.8) is 0 Å². The molecule has 9 nitrogen and oxygen atoms in total. The summed E-state index contributed by atoms with van der Waals surface area (Å²) in [6.45, 7) is 12.8. The highest BCUT2D eigenvalue weighted by Crippen LogP contribution is 2.64. The van der Waals surface area contributed by atoms with E-state index in [-0.39, 0.29) is 36.0 Å². The van der Waals surface area contributed by atoms with Crippen molar-refractivity contribution in [1.82, 2.24) is 24.8 Å². The number of nitrogens with one attached hydrogen (secondary N) is 1. The largest absolute Gasteiger partial charge is 0.497 e. The molecule has 4 fully saturated rings. The van der Waals surface area contributed by atoms with Crippen LogP contribution in [0, 0.1) is 34.9 Å². The predicted molar refractivity (Wildman–Crippen MR) is 167 cm³/mol. The van der Waals surface area contributed by atoms with Gasteiger partial charge in [0.15, 0.2) is 17.4 Å². The van der Waals surface area contributed by atoms with Crippen molar-refractivity contribution >= 4 is 22.8 Å². The van der Waals surface area contributed by atoms with Crippen molar-refractivity contribution in [3.8, 4) is 5.75 Å². The maximum Gasteiger partial charge on any atom is 0.262 e. The van der Waals surface area contributed by atoms with Crippen LogP contribution in [0.4, 0.5) is 10.2 Å². The van der Waals surface area contributed by atoms with Gasteiger partial charge in [0.05, 0.1) is 24.9 Å². The Morgan fingerprint density at radius 1 is 1.19 bits per heavy atom. The number of methoxy groups -OCH3 is 1. The fraction of sp³-hybridized carbons (Fsp3) is 0.576. The Bertz CT molecular complexity index is 1600. The van der Waals surface area contributed by atoms with Gasteiger partial charge >= 0.3 is 0 Å². The first kappa shape index (κ1) is 29.5. The molecule has 0 spiro atoms. The minimum atomic E-state index is -0.364. The first-order valence-corrected chi connectivity index (χ1v) is 15.5. The number of pyridine rings is 1. The van der Waals surface area contributed by atoms with Crippen LogP contribution >= 0.6 is 0 Å². The molecule has 3 aliphatic carbocycles. The number of nitrogens with zero attached hydrogens (tertiary/aromatic N) is 5. The predicted octanol–water partition coefficient (Wildman–Crippen LogP) is 4.50. The van der Waals surface area contributed by atoms with Crippen molar-refractivity contribution in [1.29, 1.82) is 0 Å². The van der Waals surface area contributed by atoms with Gasteiger partial charge in [0.2, 0.25) is 0 Å². The lowest BCUT2D eigenvalue weighted by Crippen LogP contribution is -2.69. The molecule has 2 bridgehead atoms. The monoisotopic (exact) mass is 589 g/mol. The molecule has 2 aromatic heterocycles. The molecule has 3 aromatic rings. The number of aliphatic imine (C=N–C) groups is 1. The Hall–Kier alpha value is -3.53. The second-order valence-corrected chi connectivity index (χ2v) is 13.6. The van der Waals surface area contributed by atoms with Gasteiger partial charge in [0.1, 0.15) is 11.6 Å². The summed E-state index contributed by atoms with van der Waals surface area (Å²) in [5.41, 5.74) is 7.71. The number of benzene rings is 1. The minimum absolute atomic E-state index is 0.229. The summed E-state index contributed by atoms with van der Waals surface area (Å²) in [6, 6.07) is 8.95. The van der Waals surface area contributed by atoms with E-state index in [1.807, 2.05) is 0 Å². The van der Waals surface area contributed by atoms with E-state index in [2.05, 4.69) is 54.8 Å². The van der Waals surface area contributed by atoms with E-state index in [1.165, 1.54) is 36.9 Å². The molecular formula is C33H44FN7O2. The third-order valence-electron chi connectivity index (χ3n) is 10.7. The second kappa shape index (κ2) is 11.2. The van der Waals surface area contributed by atoms with Crippen LogP contribution in [0.25, 0.3) is 11.0 Å². The molecule has 1 saturated heterocycles. The van der Waals surface area contributed by atoms with Gasteiger partial charge in [-0.15, -0.1) is 0 Å². The van der Waals surface area contributed by atoms with Crippen molar-refractivity contribution in [3.05, 3.63) is 58.4 Å². The minimum Gasteiger partial charge on any atom is -0.497 e. The molecule has 4 aliphatic rings. The number of aromatic nitrogens is 3. The summed E-state index contributed by atoms with van der Waals surface area (Å²) in [5, 5.41) is 4.16. The molecule has 0 amide bonds. The van der Waals surface area contributed by atoms with E-state index >= 15 is 0 Å². The topological polar surface area (TPSA) is 111 Å². The van der Waals surface area contributed by atoms with Gasteiger partial charge in [0.25, 0.3) is 5.56 Å². The molecule has 43 heavy (non-hydrogen) atoms.